The van der Waals surface area contributed by atoms with E-state index in [1.54, 1.807) is 23.9 Å². The molecule has 148 valence electrons. The third-order valence-corrected chi connectivity index (χ3v) is 4.74. The Bertz CT molecular complexity index is 1450. The summed E-state index contributed by atoms with van der Waals surface area (Å²) >= 11 is 0. The Morgan fingerprint density at radius 2 is 1.87 bits per heavy atom. The number of rotatable bonds is 3. The fourth-order valence-corrected chi connectivity index (χ4v) is 3.37. The Balaban J connectivity index is 1.86. The highest BCUT2D eigenvalue weighted by atomic mass is 16.4. The van der Waals surface area contributed by atoms with Gasteiger partial charge in [0.1, 0.15) is 11.4 Å². The number of phenols is 1. The summed E-state index contributed by atoms with van der Waals surface area (Å²) in [6, 6.07) is 13.9. The second kappa shape index (κ2) is 6.59. The molecule has 3 aromatic heterocycles. The van der Waals surface area contributed by atoms with Crippen molar-refractivity contribution in [3.63, 3.8) is 0 Å². The summed E-state index contributed by atoms with van der Waals surface area (Å²) in [6.45, 7) is 1.79. The van der Waals surface area contributed by atoms with E-state index in [2.05, 4.69) is 15.3 Å². The topological polar surface area (TPSA) is 133 Å². The Labute approximate surface area is 169 Å². The Kier molecular flexibility index (Phi) is 3.88. The van der Waals surface area contributed by atoms with Gasteiger partial charge in [-0.25, -0.2) is 9.48 Å². The molecule has 9 heteroatoms. The van der Waals surface area contributed by atoms with Gasteiger partial charge in [-0.1, -0.05) is 23.3 Å². The highest BCUT2D eigenvalue weighted by molar-refractivity contribution is 5.99. The van der Waals surface area contributed by atoms with Crippen molar-refractivity contribution < 1.29 is 13.9 Å². The molecule has 0 spiro atoms. The Morgan fingerprint density at radius 3 is 2.60 bits per heavy atom. The van der Waals surface area contributed by atoms with Gasteiger partial charge in [-0.15, -0.1) is 5.10 Å². The van der Waals surface area contributed by atoms with Crippen LogP contribution in [0.5, 0.6) is 5.75 Å². The molecule has 5 aromatic rings. The molecule has 0 unspecified atom stereocenters. The first-order valence-electron chi connectivity index (χ1n) is 9.02. The zero-order chi connectivity index (χ0) is 20.8. The van der Waals surface area contributed by atoms with Crippen LogP contribution < -0.4 is 11.4 Å². The van der Waals surface area contributed by atoms with E-state index < -0.39 is 5.63 Å². The van der Waals surface area contributed by atoms with Crippen molar-refractivity contribution >= 4 is 17.0 Å². The molecule has 0 fully saturated rings. The smallest absolute Gasteiger partial charge is 0.336 e. The van der Waals surface area contributed by atoms with E-state index in [4.69, 9.17) is 14.6 Å². The van der Waals surface area contributed by atoms with Crippen LogP contribution in [0.25, 0.3) is 39.4 Å². The molecule has 0 atom stereocenters. The van der Waals surface area contributed by atoms with Crippen LogP contribution in [0.15, 0.2) is 68.4 Å². The van der Waals surface area contributed by atoms with Crippen LogP contribution in [-0.2, 0) is 0 Å². The number of anilines is 1. The van der Waals surface area contributed by atoms with E-state index >= 15 is 0 Å². The average molecular weight is 401 g/mol. The van der Waals surface area contributed by atoms with Gasteiger partial charge in [0.15, 0.2) is 5.58 Å². The fourth-order valence-electron chi connectivity index (χ4n) is 3.37. The monoisotopic (exact) mass is 401 g/mol. The summed E-state index contributed by atoms with van der Waals surface area (Å²) in [5.41, 5.74) is 7.76. The van der Waals surface area contributed by atoms with E-state index in [9.17, 15) is 9.90 Å². The summed E-state index contributed by atoms with van der Waals surface area (Å²) in [5, 5.41) is 23.7. The molecule has 3 N–H and O–H groups in total. The molecule has 0 aliphatic rings. The quantitative estimate of drug-likeness (QED) is 0.440. The summed E-state index contributed by atoms with van der Waals surface area (Å²) in [4.78, 5) is 12.1. The lowest BCUT2D eigenvalue weighted by Gasteiger charge is -2.08. The number of para-hydroxylation sites is 1. The minimum Gasteiger partial charge on any atom is -0.507 e. The second-order valence-electron chi connectivity index (χ2n) is 6.70. The average Bonchev–Trinajstić information content (AvgIpc) is 3.34. The van der Waals surface area contributed by atoms with E-state index in [0.29, 0.717) is 22.2 Å². The van der Waals surface area contributed by atoms with Crippen molar-refractivity contribution in [2.75, 3.05) is 5.73 Å². The third kappa shape index (κ3) is 2.80. The first-order chi connectivity index (χ1) is 14.5. The number of aromatic hydroxyl groups is 1. The standard InChI is InChI=1S/C21H15N5O4/c1-11-9-16(28)29-19-13(11)7-8-15(27)17(19)18-14(20-23-24-21(22)30-20)10-26(25-18)12-5-3-2-4-6-12/h2-10,27H,1H3,(H2,22,24). The van der Waals surface area contributed by atoms with Crippen LogP contribution in [-0.4, -0.2) is 25.1 Å². The van der Waals surface area contributed by atoms with Crippen LogP contribution >= 0.6 is 0 Å². The van der Waals surface area contributed by atoms with Crippen molar-refractivity contribution in [3.8, 4) is 34.1 Å². The summed E-state index contributed by atoms with van der Waals surface area (Å²) in [6.07, 6.45) is 1.68. The predicted octanol–water partition coefficient (Wildman–Crippen LogP) is 3.29. The van der Waals surface area contributed by atoms with Gasteiger partial charge in [0, 0.05) is 17.6 Å². The number of phenolic OH excluding ortho intramolecular Hbond substituents is 1. The Hall–Kier alpha value is -4.40. The van der Waals surface area contributed by atoms with Crippen LogP contribution in [0.3, 0.4) is 0 Å². The van der Waals surface area contributed by atoms with E-state index in [1.165, 1.54) is 12.1 Å². The van der Waals surface area contributed by atoms with Gasteiger partial charge in [-0.3, -0.25) is 0 Å². The van der Waals surface area contributed by atoms with Gasteiger partial charge in [0.25, 0.3) is 5.89 Å². The van der Waals surface area contributed by atoms with Gasteiger partial charge in [-0.2, -0.15) is 5.10 Å². The normalized spacial score (nSPS) is 11.2. The number of aryl methyl sites for hydroxylation is 1. The van der Waals surface area contributed by atoms with Crippen molar-refractivity contribution in [1.29, 1.82) is 0 Å². The zero-order valence-corrected chi connectivity index (χ0v) is 15.7. The molecule has 0 aliphatic heterocycles. The van der Waals surface area contributed by atoms with E-state index in [-0.39, 0.29) is 28.8 Å². The van der Waals surface area contributed by atoms with Crippen LogP contribution in [0.1, 0.15) is 5.56 Å². The van der Waals surface area contributed by atoms with Crippen LogP contribution in [0.4, 0.5) is 6.01 Å². The minimum absolute atomic E-state index is 0.104. The predicted molar refractivity (Wildman–Crippen MR) is 109 cm³/mol. The number of fused-ring (bicyclic) bond motifs is 1. The molecule has 0 aliphatic carbocycles. The molecule has 0 radical (unpaired) electrons. The van der Waals surface area contributed by atoms with Gasteiger partial charge in [0.2, 0.25) is 0 Å². The first-order valence-corrected chi connectivity index (χ1v) is 9.02. The lowest BCUT2D eigenvalue weighted by Crippen LogP contribution is -2.00. The van der Waals surface area contributed by atoms with Crippen molar-refractivity contribution in [2.24, 2.45) is 0 Å². The van der Waals surface area contributed by atoms with Crippen LogP contribution in [0.2, 0.25) is 0 Å². The molecular weight excluding hydrogens is 386 g/mol. The highest BCUT2D eigenvalue weighted by Gasteiger charge is 2.24. The number of nitrogens with zero attached hydrogens (tertiary/aromatic N) is 4. The summed E-state index contributed by atoms with van der Waals surface area (Å²) in [5.74, 6) is 0.0133. The van der Waals surface area contributed by atoms with Crippen molar-refractivity contribution in [1.82, 2.24) is 20.0 Å². The highest BCUT2D eigenvalue weighted by Crippen LogP contribution is 2.41. The molecule has 0 saturated heterocycles. The van der Waals surface area contributed by atoms with Crippen molar-refractivity contribution in [2.45, 2.75) is 6.92 Å². The molecule has 30 heavy (non-hydrogen) atoms. The lowest BCUT2D eigenvalue weighted by atomic mass is 10.0. The maximum Gasteiger partial charge on any atom is 0.336 e. The molecule has 9 nitrogen and oxygen atoms in total. The summed E-state index contributed by atoms with van der Waals surface area (Å²) in [7, 11) is 0. The fraction of sp³-hybridized carbons (Fsp3) is 0.0476. The maximum atomic E-state index is 12.1. The molecule has 0 saturated carbocycles. The van der Waals surface area contributed by atoms with Gasteiger partial charge in [-0.05, 0) is 36.8 Å². The number of aromatic nitrogens is 4. The molecule has 0 amide bonds. The minimum atomic E-state index is -0.530. The molecule has 5 rings (SSSR count). The second-order valence-corrected chi connectivity index (χ2v) is 6.70. The molecular formula is C21H15N5O4. The first kappa shape index (κ1) is 17.7. The van der Waals surface area contributed by atoms with E-state index in [1.807, 2.05) is 30.3 Å². The van der Waals surface area contributed by atoms with Gasteiger partial charge in [0.05, 0.1) is 16.8 Å². The van der Waals surface area contributed by atoms with Crippen LogP contribution in [0, 0.1) is 6.92 Å². The number of hydrogen-bond donors (Lipinski definition) is 2. The Morgan fingerprint density at radius 1 is 1.07 bits per heavy atom. The zero-order valence-electron chi connectivity index (χ0n) is 15.7. The third-order valence-electron chi connectivity index (χ3n) is 4.74. The van der Waals surface area contributed by atoms with Gasteiger partial charge < -0.3 is 19.7 Å². The molecule has 2 aromatic carbocycles. The molecule has 0 bridgehead atoms. The SMILES string of the molecule is Cc1cc(=O)oc2c(-c3nn(-c4ccccc4)cc3-c3nnc(N)o3)c(O)ccc12. The number of hydrogen-bond acceptors (Lipinski definition) is 8. The number of nitrogens with two attached hydrogens (primary N) is 1. The lowest BCUT2D eigenvalue weighted by molar-refractivity contribution is 0.475. The van der Waals surface area contributed by atoms with Crippen molar-refractivity contribution in [3.05, 3.63) is 70.7 Å². The van der Waals surface area contributed by atoms with E-state index in [0.717, 1.165) is 5.69 Å². The molecule has 3 heterocycles. The largest absolute Gasteiger partial charge is 0.507 e. The number of nitrogen functional groups attached to an aromatic ring is 1. The van der Waals surface area contributed by atoms with Gasteiger partial charge >= 0.3 is 11.6 Å². The maximum absolute atomic E-state index is 12.1. The summed E-state index contributed by atoms with van der Waals surface area (Å²) < 4.78 is 12.5. The number of benzene rings is 2.